The zero-order valence-corrected chi connectivity index (χ0v) is 8.91. The average Bonchev–Trinajstić information content (AvgIpc) is 2.17. The molecule has 0 aromatic heterocycles. The van der Waals surface area contributed by atoms with Gasteiger partial charge in [-0.2, -0.15) is 0 Å². The molecule has 0 N–H and O–H groups in total. The smallest absolute Gasteiger partial charge is 0.355 e. The van der Waals surface area contributed by atoms with Gasteiger partial charge in [0.2, 0.25) is 0 Å². The molecule has 1 aromatic rings. The lowest BCUT2D eigenvalue weighted by Crippen LogP contribution is -2.19. The van der Waals surface area contributed by atoms with E-state index in [-0.39, 0.29) is 9.76 Å². The average molecular weight is 202 g/mol. The Morgan fingerprint density at radius 2 is 2.14 bits per heavy atom. The van der Waals surface area contributed by atoms with Crippen molar-refractivity contribution >= 4 is 20.9 Å². The van der Waals surface area contributed by atoms with E-state index in [1.54, 1.807) is 0 Å². The Bertz CT molecular complexity index is 361. The van der Waals surface area contributed by atoms with Gasteiger partial charge in [-0.05, 0) is 12.1 Å². The summed E-state index contributed by atoms with van der Waals surface area (Å²) in [5, 5.41) is 1.00. The first-order valence-electron chi connectivity index (χ1n) is 4.11. The van der Waals surface area contributed by atoms with E-state index in [0.717, 1.165) is 5.19 Å². The van der Waals surface area contributed by atoms with Crippen molar-refractivity contribution in [2.75, 3.05) is 0 Å². The molecule has 0 amide bonds. The Balaban J connectivity index is 2.49. The van der Waals surface area contributed by atoms with Gasteiger partial charge >= 0.3 is 15.7 Å². The molecule has 0 aliphatic rings. The topological polar surface area (TPSA) is 26.3 Å². The molecule has 2 nitrogen and oxygen atoms in total. The van der Waals surface area contributed by atoms with Crippen LogP contribution in [0.2, 0.25) is 0 Å². The van der Waals surface area contributed by atoms with E-state index in [1.807, 2.05) is 31.2 Å². The van der Waals surface area contributed by atoms with Crippen LogP contribution in [0.15, 0.2) is 42.7 Å². The van der Waals surface area contributed by atoms with Gasteiger partial charge in [0.25, 0.3) is 0 Å². The number of aryl methyl sites for hydroxylation is 1. The summed E-state index contributed by atoms with van der Waals surface area (Å²) in [6, 6.07) is 7.86. The lowest BCUT2D eigenvalue weighted by atomic mass is 10.2. The molecule has 1 aromatic carbocycles. The van der Waals surface area contributed by atoms with Crippen LogP contribution in [0.1, 0.15) is 5.56 Å². The molecule has 0 saturated carbocycles. The first kappa shape index (κ1) is 10.5. The van der Waals surface area contributed by atoms with Gasteiger partial charge in [0.15, 0.2) is 0 Å². The first-order valence-corrected chi connectivity index (χ1v) is 5.02. The molecular formula is C11H10O2Si. The van der Waals surface area contributed by atoms with E-state index in [9.17, 15) is 4.79 Å². The second-order valence-corrected chi connectivity index (χ2v) is 3.72. The zero-order chi connectivity index (χ0) is 10.4. The van der Waals surface area contributed by atoms with Gasteiger partial charge in [0.1, 0.15) is 0 Å². The fourth-order valence-corrected chi connectivity index (χ4v) is 1.42. The van der Waals surface area contributed by atoms with E-state index < -0.39 is 5.97 Å². The third kappa shape index (κ3) is 3.43. The van der Waals surface area contributed by atoms with Crippen LogP contribution in [0.5, 0.6) is 0 Å². The highest BCUT2D eigenvalue weighted by atomic mass is 28.2. The SMILES string of the molecule is C=C=CC(=O)O[Si]c1ccc(C)cc1. The second-order valence-electron chi connectivity index (χ2n) is 2.74. The number of carbonyl (C=O) groups excluding carboxylic acids is 1. The molecule has 0 aliphatic heterocycles. The van der Waals surface area contributed by atoms with E-state index in [0.29, 0.717) is 0 Å². The summed E-state index contributed by atoms with van der Waals surface area (Å²) in [5.41, 5.74) is 3.56. The summed E-state index contributed by atoms with van der Waals surface area (Å²) in [6.07, 6.45) is 1.18. The molecule has 0 atom stereocenters. The number of rotatable bonds is 3. The van der Waals surface area contributed by atoms with Crippen molar-refractivity contribution in [1.82, 2.24) is 0 Å². The minimum absolute atomic E-state index is 0.0424. The van der Waals surface area contributed by atoms with Crippen LogP contribution in [-0.2, 0) is 9.22 Å². The van der Waals surface area contributed by atoms with E-state index in [2.05, 4.69) is 12.3 Å². The van der Waals surface area contributed by atoms with Crippen molar-refractivity contribution in [2.45, 2.75) is 6.92 Å². The summed E-state index contributed by atoms with van der Waals surface area (Å²) in [7, 11) is 0.0424. The lowest BCUT2D eigenvalue weighted by Gasteiger charge is -1.99. The fourth-order valence-electron chi connectivity index (χ4n) is 0.844. The molecule has 14 heavy (non-hydrogen) atoms. The third-order valence-corrected chi connectivity index (χ3v) is 2.41. The first-order chi connectivity index (χ1) is 6.72. The Labute approximate surface area is 85.8 Å². The van der Waals surface area contributed by atoms with Crippen LogP contribution in [0, 0.1) is 6.92 Å². The summed E-state index contributed by atoms with van der Waals surface area (Å²) in [5.74, 6) is -0.404. The quantitative estimate of drug-likeness (QED) is 0.417. The number of benzene rings is 1. The van der Waals surface area contributed by atoms with Crippen LogP contribution in [0.3, 0.4) is 0 Å². The van der Waals surface area contributed by atoms with Crippen LogP contribution in [0.25, 0.3) is 0 Å². The molecule has 0 spiro atoms. The van der Waals surface area contributed by atoms with Crippen molar-refractivity contribution in [2.24, 2.45) is 0 Å². The second kappa shape index (κ2) is 5.22. The number of hydrogen-bond acceptors (Lipinski definition) is 2. The van der Waals surface area contributed by atoms with Crippen molar-refractivity contribution in [3.05, 3.63) is 48.2 Å². The standard InChI is InChI=1S/C11H10O2Si/c1-3-4-11(12)13-14-10-7-5-9(2)6-8-10/h4-8H,1H2,2H3. The van der Waals surface area contributed by atoms with Gasteiger partial charge in [-0.15, -0.1) is 5.73 Å². The van der Waals surface area contributed by atoms with Gasteiger partial charge in [-0.3, -0.25) is 0 Å². The van der Waals surface area contributed by atoms with Crippen LogP contribution >= 0.6 is 0 Å². The summed E-state index contributed by atoms with van der Waals surface area (Å²) < 4.78 is 4.94. The Hall–Kier alpha value is -1.57. The molecule has 3 heteroatoms. The molecule has 0 saturated heterocycles. The molecule has 2 radical (unpaired) electrons. The van der Waals surface area contributed by atoms with Gasteiger partial charge in [-0.25, -0.2) is 4.79 Å². The highest BCUT2D eigenvalue weighted by Crippen LogP contribution is 1.92. The summed E-state index contributed by atoms with van der Waals surface area (Å²) in [4.78, 5) is 10.9. The predicted molar refractivity (Wildman–Crippen MR) is 56.4 cm³/mol. The molecule has 1 rings (SSSR count). The molecule has 0 heterocycles. The summed E-state index contributed by atoms with van der Waals surface area (Å²) in [6.45, 7) is 5.30. The molecule has 0 aliphatic carbocycles. The monoisotopic (exact) mass is 202 g/mol. The Morgan fingerprint density at radius 1 is 1.50 bits per heavy atom. The molecule has 70 valence electrons. The fraction of sp³-hybridized carbons (Fsp3) is 0.0909. The van der Waals surface area contributed by atoms with Crippen LogP contribution in [-0.4, -0.2) is 15.7 Å². The van der Waals surface area contributed by atoms with Crippen molar-refractivity contribution in [1.29, 1.82) is 0 Å². The minimum atomic E-state index is -0.404. The molecular weight excluding hydrogens is 192 g/mol. The van der Waals surface area contributed by atoms with E-state index >= 15 is 0 Å². The maximum absolute atomic E-state index is 10.9. The maximum Gasteiger partial charge on any atom is 0.355 e. The minimum Gasteiger partial charge on any atom is -0.508 e. The van der Waals surface area contributed by atoms with Crippen molar-refractivity contribution in [3.63, 3.8) is 0 Å². The normalized spacial score (nSPS) is 8.93. The van der Waals surface area contributed by atoms with E-state index in [4.69, 9.17) is 4.43 Å². The number of carbonyl (C=O) groups is 1. The van der Waals surface area contributed by atoms with Gasteiger partial charge < -0.3 is 4.43 Å². The van der Waals surface area contributed by atoms with Gasteiger partial charge in [0.05, 0.1) is 6.08 Å². The highest BCUT2D eigenvalue weighted by Gasteiger charge is 2.00. The largest absolute Gasteiger partial charge is 0.508 e. The molecule has 0 fully saturated rings. The highest BCUT2D eigenvalue weighted by molar-refractivity contribution is 6.49. The zero-order valence-electron chi connectivity index (χ0n) is 7.91. The molecule has 0 unspecified atom stereocenters. The van der Waals surface area contributed by atoms with Crippen LogP contribution in [0.4, 0.5) is 0 Å². The maximum atomic E-state index is 10.9. The van der Waals surface area contributed by atoms with Crippen LogP contribution < -0.4 is 5.19 Å². The molecule has 0 bridgehead atoms. The predicted octanol–water partition coefficient (Wildman–Crippen LogP) is 1.12. The van der Waals surface area contributed by atoms with Crippen molar-refractivity contribution < 1.29 is 9.22 Å². The lowest BCUT2D eigenvalue weighted by molar-refractivity contribution is -0.128. The summed E-state index contributed by atoms with van der Waals surface area (Å²) >= 11 is 0. The Kier molecular flexibility index (Phi) is 3.92. The third-order valence-electron chi connectivity index (χ3n) is 1.54. The Morgan fingerprint density at radius 3 is 2.71 bits per heavy atom. The van der Waals surface area contributed by atoms with Gasteiger partial charge in [0, 0.05) is 0 Å². The van der Waals surface area contributed by atoms with E-state index in [1.165, 1.54) is 11.6 Å². The van der Waals surface area contributed by atoms with Crippen molar-refractivity contribution in [3.8, 4) is 0 Å². The number of hydrogen-bond donors (Lipinski definition) is 0. The van der Waals surface area contributed by atoms with Gasteiger partial charge in [-0.1, -0.05) is 36.4 Å².